The number of fused-ring (bicyclic) bond motifs is 1. The highest BCUT2D eigenvalue weighted by Crippen LogP contribution is 2.24. The summed E-state index contributed by atoms with van der Waals surface area (Å²) in [5.74, 6) is 0.0291. The van der Waals surface area contributed by atoms with Gasteiger partial charge in [-0.05, 0) is 30.3 Å². The van der Waals surface area contributed by atoms with Gasteiger partial charge in [0.1, 0.15) is 12.4 Å². The van der Waals surface area contributed by atoms with Gasteiger partial charge in [-0.1, -0.05) is 12.1 Å². The first-order valence-corrected chi connectivity index (χ1v) is 5.90. The molecule has 0 aliphatic rings. The Morgan fingerprint density at radius 1 is 1.16 bits per heavy atom. The van der Waals surface area contributed by atoms with Crippen LogP contribution in [-0.4, -0.2) is 10.1 Å². The van der Waals surface area contributed by atoms with Crippen LogP contribution < -0.4 is 4.74 Å². The third-order valence-electron chi connectivity index (χ3n) is 2.97. The topological polar surface area (TPSA) is 45.2 Å². The number of ether oxygens (including phenoxy) is 1. The number of aromatic nitrogens is 1. The Hall–Kier alpha value is -2.49. The fraction of sp³-hybridized carbons (Fsp3) is 0.0667. The predicted molar refractivity (Wildman–Crippen MR) is 70.7 cm³/mol. The van der Waals surface area contributed by atoms with E-state index < -0.39 is 0 Å². The van der Waals surface area contributed by atoms with E-state index in [0.717, 1.165) is 16.5 Å². The summed E-state index contributed by atoms with van der Waals surface area (Å²) >= 11 is 0. The van der Waals surface area contributed by atoms with Gasteiger partial charge in [-0.3, -0.25) is 0 Å². The van der Waals surface area contributed by atoms with Crippen molar-refractivity contribution >= 4 is 10.9 Å². The average molecular weight is 257 g/mol. The number of aromatic amines is 1. The Morgan fingerprint density at radius 3 is 2.84 bits per heavy atom. The monoisotopic (exact) mass is 257 g/mol. The minimum atomic E-state index is -0.384. The van der Waals surface area contributed by atoms with Crippen LogP contribution in [0.5, 0.6) is 11.5 Å². The van der Waals surface area contributed by atoms with E-state index in [-0.39, 0.29) is 23.9 Å². The molecule has 0 aliphatic carbocycles. The Bertz CT molecular complexity index is 721. The summed E-state index contributed by atoms with van der Waals surface area (Å²) in [4.78, 5) is 3.08. The summed E-state index contributed by atoms with van der Waals surface area (Å²) in [5, 5.41) is 10.4. The summed E-state index contributed by atoms with van der Waals surface area (Å²) in [6.07, 6.45) is 1.80. The highest BCUT2D eigenvalue weighted by atomic mass is 19.1. The number of nitrogens with one attached hydrogen (secondary N) is 1. The molecule has 0 saturated heterocycles. The Kier molecular flexibility index (Phi) is 2.83. The van der Waals surface area contributed by atoms with Crippen molar-refractivity contribution in [1.82, 2.24) is 4.98 Å². The van der Waals surface area contributed by atoms with Gasteiger partial charge in [-0.2, -0.15) is 0 Å². The lowest BCUT2D eigenvalue weighted by Crippen LogP contribution is -1.96. The molecule has 0 saturated carbocycles. The lowest BCUT2D eigenvalue weighted by atomic mass is 10.2. The molecule has 0 radical (unpaired) electrons. The van der Waals surface area contributed by atoms with Crippen molar-refractivity contribution in [3.05, 3.63) is 60.0 Å². The molecular formula is C15H12FNO2. The van der Waals surface area contributed by atoms with Crippen LogP contribution in [0.4, 0.5) is 4.39 Å². The normalized spacial score (nSPS) is 10.8. The zero-order chi connectivity index (χ0) is 13.2. The van der Waals surface area contributed by atoms with Crippen LogP contribution in [0, 0.1) is 5.82 Å². The highest BCUT2D eigenvalue weighted by molar-refractivity contribution is 5.84. The Morgan fingerprint density at radius 2 is 2.00 bits per heavy atom. The average Bonchev–Trinajstić information content (AvgIpc) is 2.80. The van der Waals surface area contributed by atoms with Crippen LogP contribution in [0.2, 0.25) is 0 Å². The molecule has 19 heavy (non-hydrogen) atoms. The molecule has 1 aromatic heterocycles. The molecule has 0 atom stereocenters. The van der Waals surface area contributed by atoms with E-state index in [1.807, 2.05) is 0 Å². The molecule has 96 valence electrons. The van der Waals surface area contributed by atoms with Gasteiger partial charge in [0, 0.05) is 22.7 Å². The number of aromatic hydroxyl groups is 1. The second kappa shape index (κ2) is 4.65. The van der Waals surface area contributed by atoms with Crippen molar-refractivity contribution in [2.45, 2.75) is 6.61 Å². The van der Waals surface area contributed by atoms with Gasteiger partial charge >= 0.3 is 0 Å². The van der Waals surface area contributed by atoms with E-state index in [9.17, 15) is 9.50 Å². The van der Waals surface area contributed by atoms with Crippen molar-refractivity contribution in [2.24, 2.45) is 0 Å². The second-order valence-electron chi connectivity index (χ2n) is 4.26. The molecule has 0 spiro atoms. The largest absolute Gasteiger partial charge is 0.508 e. The van der Waals surface area contributed by atoms with Crippen molar-refractivity contribution in [1.29, 1.82) is 0 Å². The molecule has 0 amide bonds. The van der Waals surface area contributed by atoms with E-state index in [4.69, 9.17) is 4.74 Å². The van der Waals surface area contributed by atoms with Crippen LogP contribution in [0.1, 0.15) is 5.56 Å². The van der Waals surface area contributed by atoms with Gasteiger partial charge in [0.25, 0.3) is 0 Å². The molecule has 0 unspecified atom stereocenters. The van der Waals surface area contributed by atoms with Gasteiger partial charge < -0.3 is 14.8 Å². The van der Waals surface area contributed by atoms with E-state index in [0.29, 0.717) is 0 Å². The predicted octanol–water partition coefficient (Wildman–Crippen LogP) is 3.59. The molecule has 0 aliphatic heterocycles. The molecule has 0 fully saturated rings. The van der Waals surface area contributed by atoms with Crippen molar-refractivity contribution < 1.29 is 14.2 Å². The van der Waals surface area contributed by atoms with Gasteiger partial charge in [-0.25, -0.2) is 4.39 Å². The summed E-state index contributed by atoms with van der Waals surface area (Å²) < 4.78 is 18.9. The SMILES string of the molecule is Oc1ccc2[nH]cc(COc3ccccc3F)c2c1. The fourth-order valence-electron chi connectivity index (χ4n) is 2.00. The van der Waals surface area contributed by atoms with Crippen LogP contribution in [0.15, 0.2) is 48.7 Å². The van der Waals surface area contributed by atoms with Crippen LogP contribution in [0.3, 0.4) is 0 Å². The molecule has 3 nitrogen and oxygen atoms in total. The maximum absolute atomic E-state index is 13.4. The smallest absolute Gasteiger partial charge is 0.165 e. The zero-order valence-electron chi connectivity index (χ0n) is 10.1. The first-order chi connectivity index (χ1) is 9.24. The maximum Gasteiger partial charge on any atom is 0.165 e. The summed E-state index contributed by atoms with van der Waals surface area (Å²) in [6, 6.07) is 11.3. The summed E-state index contributed by atoms with van der Waals surface area (Å²) in [7, 11) is 0. The lowest BCUT2D eigenvalue weighted by Gasteiger charge is -2.06. The quantitative estimate of drug-likeness (QED) is 0.753. The fourth-order valence-corrected chi connectivity index (χ4v) is 2.00. The number of halogens is 1. The standard InChI is InChI=1S/C15H12FNO2/c16-13-3-1-2-4-15(13)19-9-10-8-17-14-6-5-11(18)7-12(10)14/h1-8,17-18H,9H2. The number of hydrogen-bond acceptors (Lipinski definition) is 2. The van der Waals surface area contributed by atoms with Gasteiger partial charge in [0.15, 0.2) is 11.6 Å². The third-order valence-corrected chi connectivity index (χ3v) is 2.97. The molecule has 2 aromatic carbocycles. The van der Waals surface area contributed by atoms with Gasteiger partial charge in [0.05, 0.1) is 0 Å². The minimum Gasteiger partial charge on any atom is -0.508 e. The van der Waals surface area contributed by atoms with E-state index >= 15 is 0 Å². The Labute approximate surface area is 109 Å². The maximum atomic E-state index is 13.4. The van der Waals surface area contributed by atoms with Gasteiger partial charge in [-0.15, -0.1) is 0 Å². The molecule has 0 bridgehead atoms. The lowest BCUT2D eigenvalue weighted by molar-refractivity contribution is 0.291. The van der Waals surface area contributed by atoms with E-state index in [1.54, 1.807) is 42.6 Å². The third kappa shape index (κ3) is 2.25. The Balaban J connectivity index is 1.86. The summed E-state index contributed by atoms with van der Waals surface area (Å²) in [5.41, 5.74) is 1.78. The number of hydrogen-bond donors (Lipinski definition) is 2. The number of benzene rings is 2. The molecule has 3 aromatic rings. The number of para-hydroxylation sites is 1. The van der Waals surface area contributed by atoms with Gasteiger partial charge in [0.2, 0.25) is 0 Å². The molecule has 1 heterocycles. The first kappa shape index (κ1) is 11.6. The molecule has 3 rings (SSSR count). The van der Waals surface area contributed by atoms with Crippen molar-refractivity contribution in [3.8, 4) is 11.5 Å². The molecular weight excluding hydrogens is 245 g/mol. The number of H-pyrrole nitrogens is 1. The van der Waals surface area contributed by atoms with Crippen LogP contribution >= 0.6 is 0 Å². The van der Waals surface area contributed by atoms with Crippen molar-refractivity contribution in [3.63, 3.8) is 0 Å². The second-order valence-corrected chi connectivity index (χ2v) is 4.26. The number of phenols is 1. The van der Waals surface area contributed by atoms with Crippen LogP contribution in [0.25, 0.3) is 10.9 Å². The highest BCUT2D eigenvalue weighted by Gasteiger charge is 2.07. The summed E-state index contributed by atoms with van der Waals surface area (Å²) in [6.45, 7) is 0.240. The number of rotatable bonds is 3. The van der Waals surface area contributed by atoms with E-state index in [1.165, 1.54) is 6.07 Å². The minimum absolute atomic E-state index is 0.194. The van der Waals surface area contributed by atoms with Crippen molar-refractivity contribution in [2.75, 3.05) is 0 Å². The molecule has 2 N–H and O–H groups in total. The molecule has 4 heteroatoms. The zero-order valence-corrected chi connectivity index (χ0v) is 10.1. The first-order valence-electron chi connectivity index (χ1n) is 5.90. The van der Waals surface area contributed by atoms with Crippen LogP contribution in [-0.2, 0) is 6.61 Å². The van der Waals surface area contributed by atoms with E-state index in [2.05, 4.69) is 4.98 Å². The number of phenolic OH excluding ortho intramolecular Hbond substituents is 1.